The first-order valence-electron chi connectivity index (χ1n) is 7.17. The molecule has 0 aliphatic carbocycles. The molecule has 0 saturated carbocycles. The summed E-state index contributed by atoms with van der Waals surface area (Å²) in [6, 6.07) is 6.95. The van der Waals surface area contributed by atoms with Crippen molar-refractivity contribution in [2.75, 3.05) is 0 Å². The molecule has 0 unspecified atom stereocenters. The van der Waals surface area contributed by atoms with E-state index in [1.807, 2.05) is 0 Å². The molecular formula is C16H11Cl2N5O. The maximum Gasteiger partial charge on any atom is 0.266 e. The van der Waals surface area contributed by atoms with E-state index in [4.69, 9.17) is 23.2 Å². The van der Waals surface area contributed by atoms with Crippen molar-refractivity contribution in [3.8, 4) is 5.69 Å². The molecule has 0 saturated heterocycles. The first kappa shape index (κ1) is 15.1. The van der Waals surface area contributed by atoms with E-state index in [1.54, 1.807) is 48.8 Å². The van der Waals surface area contributed by atoms with E-state index < -0.39 is 0 Å². The molecule has 8 heteroatoms. The summed E-state index contributed by atoms with van der Waals surface area (Å²) in [7, 11) is 0. The number of rotatable bonds is 1. The minimum atomic E-state index is -0.239. The topological polar surface area (TPSA) is 65.1 Å². The summed E-state index contributed by atoms with van der Waals surface area (Å²) >= 11 is 12.3. The number of benzene rings is 1. The number of aromatic nitrogens is 5. The normalized spacial score (nSPS) is 11.5. The molecule has 120 valence electrons. The number of aryl methyl sites for hydroxylation is 2. The van der Waals surface area contributed by atoms with Gasteiger partial charge in [0.15, 0.2) is 0 Å². The number of hydrogen-bond donors (Lipinski definition) is 0. The first-order valence-corrected chi connectivity index (χ1v) is 7.92. The Morgan fingerprint density at radius 3 is 2.67 bits per heavy atom. The highest BCUT2D eigenvalue weighted by atomic mass is 35.5. The molecule has 0 aliphatic rings. The molecule has 0 N–H and O–H groups in total. The van der Waals surface area contributed by atoms with Crippen LogP contribution in [0, 0.1) is 13.8 Å². The van der Waals surface area contributed by atoms with Crippen LogP contribution in [-0.4, -0.2) is 24.1 Å². The van der Waals surface area contributed by atoms with Gasteiger partial charge in [0.2, 0.25) is 0 Å². The molecule has 0 atom stereocenters. The summed E-state index contributed by atoms with van der Waals surface area (Å²) in [5.41, 5.74) is 1.52. The van der Waals surface area contributed by atoms with Crippen LogP contribution >= 0.6 is 23.2 Å². The molecular weight excluding hydrogens is 349 g/mol. The van der Waals surface area contributed by atoms with E-state index in [0.29, 0.717) is 43.9 Å². The average Bonchev–Trinajstić information content (AvgIpc) is 2.91. The highest BCUT2D eigenvalue weighted by Crippen LogP contribution is 2.28. The van der Waals surface area contributed by atoms with Crippen LogP contribution in [0.4, 0.5) is 0 Å². The minimum absolute atomic E-state index is 0.239. The molecule has 0 amide bonds. The van der Waals surface area contributed by atoms with E-state index in [-0.39, 0.29) is 5.56 Å². The van der Waals surface area contributed by atoms with Crippen LogP contribution in [0.5, 0.6) is 0 Å². The molecule has 4 aromatic rings. The molecule has 0 fully saturated rings. The Bertz CT molecular complexity index is 1180. The Morgan fingerprint density at radius 1 is 1.08 bits per heavy atom. The lowest BCUT2D eigenvalue weighted by Crippen LogP contribution is -2.20. The molecule has 0 bridgehead atoms. The van der Waals surface area contributed by atoms with E-state index in [9.17, 15) is 4.79 Å². The number of halogens is 2. The van der Waals surface area contributed by atoms with Gasteiger partial charge in [-0.3, -0.25) is 9.36 Å². The fourth-order valence-corrected chi connectivity index (χ4v) is 3.14. The van der Waals surface area contributed by atoms with Gasteiger partial charge in [0.1, 0.15) is 5.82 Å². The third-order valence-corrected chi connectivity index (χ3v) is 4.62. The van der Waals surface area contributed by atoms with Crippen LogP contribution in [0.25, 0.3) is 22.4 Å². The number of pyridine rings is 1. The SMILES string of the molecule is Cc1nc2nc(C)c3c(=O)n(-c4cccc(Cl)c4Cl)ccc3n2n1. The van der Waals surface area contributed by atoms with Crippen molar-refractivity contribution in [2.45, 2.75) is 13.8 Å². The zero-order valence-electron chi connectivity index (χ0n) is 12.8. The molecule has 24 heavy (non-hydrogen) atoms. The lowest BCUT2D eigenvalue weighted by Gasteiger charge is -2.11. The average molecular weight is 360 g/mol. The van der Waals surface area contributed by atoms with Crippen molar-refractivity contribution < 1.29 is 0 Å². The van der Waals surface area contributed by atoms with Crippen LogP contribution in [0.3, 0.4) is 0 Å². The first-order chi connectivity index (χ1) is 11.5. The second-order valence-corrected chi connectivity index (χ2v) is 6.18. The minimum Gasteiger partial charge on any atom is -0.282 e. The smallest absolute Gasteiger partial charge is 0.266 e. The highest BCUT2D eigenvalue weighted by Gasteiger charge is 2.15. The van der Waals surface area contributed by atoms with Crippen molar-refractivity contribution in [1.82, 2.24) is 24.1 Å². The Labute approximate surface area is 146 Å². The summed E-state index contributed by atoms with van der Waals surface area (Å²) in [4.78, 5) is 21.7. The van der Waals surface area contributed by atoms with Gasteiger partial charge in [-0.25, -0.2) is 4.98 Å². The molecule has 1 aromatic carbocycles. The summed E-state index contributed by atoms with van der Waals surface area (Å²) < 4.78 is 3.03. The zero-order valence-corrected chi connectivity index (χ0v) is 14.3. The van der Waals surface area contributed by atoms with Gasteiger partial charge in [0.05, 0.1) is 32.3 Å². The molecule has 0 radical (unpaired) electrons. The largest absolute Gasteiger partial charge is 0.282 e. The van der Waals surface area contributed by atoms with Gasteiger partial charge in [-0.15, -0.1) is 5.10 Å². The van der Waals surface area contributed by atoms with Crippen molar-refractivity contribution in [1.29, 1.82) is 0 Å². The fraction of sp³-hybridized carbons (Fsp3) is 0.125. The van der Waals surface area contributed by atoms with Crippen LogP contribution < -0.4 is 5.56 Å². The van der Waals surface area contributed by atoms with E-state index >= 15 is 0 Å². The van der Waals surface area contributed by atoms with Crippen LogP contribution in [0.1, 0.15) is 11.5 Å². The fourth-order valence-electron chi connectivity index (χ4n) is 2.75. The van der Waals surface area contributed by atoms with Crippen LogP contribution in [0.15, 0.2) is 35.3 Å². The van der Waals surface area contributed by atoms with Crippen molar-refractivity contribution >= 4 is 39.9 Å². The second-order valence-electron chi connectivity index (χ2n) is 5.39. The standard InChI is InChI=1S/C16H11Cl2N5O/c1-8-13-11(23-16(19-8)20-9(2)21-23)6-7-22(15(13)24)12-5-3-4-10(17)14(12)18/h3-7H,1-2H3. The number of fused-ring (bicyclic) bond motifs is 3. The number of hydrogen-bond acceptors (Lipinski definition) is 4. The molecule has 3 heterocycles. The van der Waals surface area contributed by atoms with E-state index in [1.165, 1.54) is 4.57 Å². The summed E-state index contributed by atoms with van der Waals surface area (Å²) in [5, 5.41) is 5.48. The van der Waals surface area contributed by atoms with Gasteiger partial charge in [-0.2, -0.15) is 9.50 Å². The Morgan fingerprint density at radius 2 is 1.88 bits per heavy atom. The van der Waals surface area contributed by atoms with E-state index in [2.05, 4.69) is 15.1 Å². The summed E-state index contributed by atoms with van der Waals surface area (Å²) in [6.45, 7) is 3.56. The third kappa shape index (κ3) is 2.11. The van der Waals surface area contributed by atoms with Crippen LogP contribution in [-0.2, 0) is 0 Å². The lowest BCUT2D eigenvalue weighted by molar-refractivity contribution is 0.933. The maximum atomic E-state index is 13.0. The van der Waals surface area contributed by atoms with Gasteiger partial charge in [0.25, 0.3) is 11.3 Å². The predicted octanol–water partition coefficient (Wildman–Crippen LogP) is 3.35. The van der Waals surface area contributed by atoms with Gasteiger partial charge < -0.3 is 0 Å². The summed E-state index contributed by atoms with van der Waals surface area (Å²) in [6.07, 6.45) is 1.65. The molecule has 0 spiro atoms. The molecule has 0 aliphatic heterocycles. The third-order valence-electron chi connectivity index (χ3n) is 3.81. The van der Waals surface area contributed by atoms with E-state index in [0.717, 1.165) is 0 Å². The van der Waals surface area contributed by atoms with Crippen LogP contribution in [0.2, 0.25) is 10.0 Å². The maximum absolute atomic E-state index is 13.0. The monoisotopic (exact) mass is 359 g/mol. The highest BCUT2D eigenvalue weighted by molar-refractivity contribution is 6.43. The van der Waals surface area contributed by atoms with Crippen molar-refractivity contribution in [3.05, 3.63) is 62.4 Å². The molecule has 6 nitrogen and oxygen atoms in total. The molecule has 3 aromatic heterocycles. The Hall–Kier alpha value is -2.44. The van der Waals surface area contributed by atoms with Gasteiger partial charge >= 0.3 is 0 Å². The summed E-state index contributed by atoms with van der Waals surface area (Å²) in [5.74, 6) is 1.06. The van der Waals surface area contributed by atoms with Gasteiger partial charge in [-0.05, 0) is 32.0 Å². The second kappa shape index (κ2) is 5.29. The zero-order chi connectivity index (χ0) is 17.0. The Kier molecular flexibility index (Phi) is 3.33. The Balaban J connectivity index is 2.13. The predicted molar refractivity (Wildman–Crippen MR) is 93.4 cm³/mol. The van der Waals surface area contributed by atoms with Gasteiger partial charge in [0, 0.05) is 6.20 Å². The lowest BCUT2D eigenvalue weighted by atomic mass is 10.2. The van der Waals surface area contributed by atoms with Gasteiger partial charge in [-0.1, -0.05) is 29.3 Å². The number of nitrogens with zero attached hydrogens (tertiary/aromatic N) is 5. The molecule has 4 rings (SSSR count). The quantitative estimate of drug-likeness (QED) is 0.522. The van der Waals surface area contributed by atoms with Crippen molar-refractivity contribution in [2.24, 2.45) is 0 Å². The van der Waals surface area contributed by atoms with Crippen molar-refractivity contribution in [3.63, 3.8) is 0 Å².